The lowest BCUT2D eigenvalue weighted by molar-refractivity contribution is 0.0951. The smallest absolute Gasteiger partial charge is 0.269 e. The Balaban J connectivity index is 2.35. The van der Waals surface area contributed by atoms with E-state index in [0.717, 1.165) is 6.20 Å². The number of aromatic nitrogens is 2. The molecule has 0 radical (unpaired) electrons. The van der Waals surface area contributed by atoms with Gasteiger partial charge in [0.1, 0.15) is 11.5 Å². The largest absolute Gasteiger partial charge is 0.351 e. The van der Waals surface area contributed by atoms with Gasteiger partial charge in [-0.3, -0.25) is 14.8 Å². The van der Waals surface area contributed by atoms with E-state index in [-0.39, 0.29) is 5.91 Å². The molecule has 0 saturated heterocycles. The van der Waals surface area contributed by atoms with Gasteiger partial charge in [-0.15, -0.1) is 0 Å². The first-order chi connectivity index (χ1) is 8.70. The zero-order valence-corrected chi connectivity index (χ0v) is 9.85. The number of carbonyl (C=O) groups excluding carboxylic acids is 1. The first kappa shape index (κ1) is 12.2. The number of amides is 1. The van der Waals surface area contributed by atoms with Gasteiger partial charge in [0.2, 0.25) is 0 Å². The van der Waals surface area contributed by atoms with Crippen molar-refractivity contribution in [3.63, 3.8) is 0 Å². The van der Waals surface area contributed by atoms with Gasteiger partial charge in [0.15, 0.2) is 0 Å². The zero-order valence-electron chi connectivity index (χ0n) is 9.85. The summed E-state index contributed by atoms with van der Waals surface area (Å²) >= 11 is 0. The van der Waals surface area contributed by atoms with Crippen LogP contribution in [0.3, 0.4) is 0 Å². The van der Waals surface area contributed by atoms with Crippen LogP contribution in [0.2, 0.25) is 0 Å². The molecule has 2 aromatic heterocycles. The molecule has 1 N–H and O–H groups in total. The highest BCUT2D eigenvalue weighted by Crippen LogP contribution is 2.19. The van der Waals surface area contributed by atoms with Crippen molar-refractivity contribution in [1.82, 2.24) is 15.3 Å². The molecule has 4 nitrogen and oxygen atoms in total. The Morgan fingerprint density at radius 3 is 2.89 bits per heavy atom. The average molecular weight is 245 g/mol. The lowest BCUT2D eigenvalue weighted by Crippen LogP contribution is -2.23. The highest BCUT2D eigenvalue weighted by molar-refractivity contribution is 5.93. The maximum atomic E-state index is 13.1. The van der Waals surface area contributed by atoms with Crippen LogP contribution in [0.5, 0.6) is 0 Å². The van der Waals surface area contributed by atoms with Crippen molar-refractivity contribution < 1.29 is 9.18 Å². The predicted molar refractivity (Wildman–Crippen MR) is 65.4 cm³/mol. The van der Waals surface area contributed by atoms with E-state index in [4.69, 9.17) is 0 Å². The lowest BCUT2D eigenvalue weighted by Gasteiger charge is -2.04. The molecule has 0 atom stereocenters. The van der Waals surface area contributed by atoms with Crippen LogP contribution in [0.15, 0.2) is 36.8 Å². The van der Waals surface area contributed by atoms with Gasteiger partial charge in [0, 0.05) is 24.5 Å². The lowest BCUT2D eigenvalue weighted by atomic mass is 10.1. The molecule has 0 aromatic carbocycles. The van der Waals surface area contributed by atoms with Gasteiger partial charge in [-0.05, 0) is 30.7 Å². The van der Waals surface area contributed by atoms with Gasteiger partial charge >= 0.3 is 0 Å². The summed E-state index contributed by atoms with van der Waals surface area (Å²) in [5.41, 5.74) is 1.62. The molecular weight excluding hydrogens is 233 g/mol. The maximum absolute atomic E-state index is 13.1. The molecule has 2 heterocycles. The van der Waals surface area contributed by atoms with Crippen molar-refractivity contribution in [1.29, 1.82) is 0 Å². The van der Waals surface area contributed by atoms with Crippen molar-refractivity contribution in [3.8, 4) is 11.1 Å². The number of halogens is 1. The van der Waals surface area contributed by atoms with Crippen molar-refractivity contribution in [2.45, 2.75) is 6.92 Å². The van der Waals surface area contributed by atoms with Crippen molar-refractivity contribution in [3.05, 3.63) is 48.3 Å². The van der Waals surface area contributed by atoms with Crippen LogP contribution in [-0.4, -0.2) is 22.4 Å². The van der Waals surface area contributed by atoms with Crippen LogP contribution in [-0.2, 0) is 0 Å². The second kappa shape index (κ2) is 5.35. The van der Waals surface area contributed by atoms with Crippen molar-refractivity contribution in [2.75, 3.05) is 6.54 Å². The SMILES string of the molecule is CCNC(=O)c1cc(-c2cncc(F)c2)ccn1. The van der Waals surface area contributed by atoms with Gasteiger partial charge in [-0.1, -0.05) is 0 Å². The Kier molecular flexibility index (Phi) is 3.62. The number of rotatable bonds is 3. The summed E-state index contributed by atoms with van der Waals surface area (Å²) in [6.45, 7) is 2.37. The van der Waals surface area contributed by atoms with Crippen LogP contribution in [0, 0.1) is 5.82 Å². The quantitative estimate of drug-likeness (QED) is 0.900. The number of pyridine rings is 2. The monoisotopic (exact) mass is 245 g/mol. The minimum absolute atomic E-state index is 0.247. The van der Waals surface area contributed by atoms with Gasteiger partial charge in [0.25, 0.3) is 5.91 Å². The van der Waals surface area contributed by atoms with Gasteiger partial charge in [-0.2, -0.15) is 0 Å². The fourth-order valence-electron chi connectivity index (χ4n) is 1.56. The molecule has 2 aromatic rings. The molecule has 92 valence electrons. The molecular formula is C13H12FN3O. The normalized spacial score (nSPS) is 10.1. The van der Waals surface area contributed by atoms with Gasteiger partial charge in [0.05, 0.1) is 6.20 Å². The van der Waals surface area contributed by atoms with E-state index in [0.29, 0.717) is 23.4 Å². The summed E-state index contributed by atoms with van der Waals surface area (Å²) in [6, 6.07) is 4.68. The average Bonchev–Trinajstić information content (AvgIpc) is 2.39. The van der Waals surface area contributed by atoms with E-state index in [1.807, 2.05) is 6.92 Å². The summed E-state index contributed by atoms with van der Waals surface area (Å²) in [7, 11) is 0. The van der Waals surface area contributed by atoms with E-state index < -0.39 is 5.82 Å². The summed E-state index contributed by atoms with van der Waals surface area (Å²) < 4.78 is 13.1. The standard InChI is InChI=1S/C13H12FN3O/c1-2-16-13(18)12-6-9(3-4-17-12)10-5-11(14)8-15-7-10/h3-8H,2H2,1H3,(H,16,18). The van der Waals surface area contributed by atoms with E-state index in [1.165, 1.54) is 12.3 Å². The molecule has 0 spiro atoms. The molecule has 0 aliphatic carbocycles. The second-order valence-corrected chi connectivity index (χ2v) is 3.68. The highest BCUT2D eigenvalue weighted by atomic mass is 19.1. The molecule has 0 saturated carbocycles. The fraction of sp³-hybridized carbons (Fsp3) is 0.154. The number of carbonyl (C=O) groups is 1. The minimum Gasteiger partial charge on any atom is -0.351 e. The number of hydrogen-bond donors (Lipinski definition) is 1. The predicted octanol–water partition coefficient (Wildman–Crippen LogP) is 2.03. The third-order valence-electron chi connectivity index (χ3n) is 2.37. The molecule has 0 unspecified atom stereocenters. The molecule has 0 aliphatic rings. The third-order valence-corrected chi connectivity index (χ3v) is 2.37. The van der Waals surface area contributed by atoms with Crippen molar-refractivity contribution in [2.24, 2.45) is 0 Å². The molecule has 2 rings (SSSR count). The topological polar surface area (TPSA) is 54.9 Å². The van der Waals surface area contributed by atoms with Gasteiger partial charge < -0.3 is 5.32 Å². The van der Waals surface area contributed by atoms with E-state index >= 15 is 0 Å². The first-order valence-electron chi connectivity index (χ1n) is 5.56. The van der Waals surface area contributed by atoms with Crippen molar-refractivity contribution >= 4 is 5.91 Å². The first-order valence-corrected chi connectivity index (χ1v) is 5.56. The fourth-order valence-corrected chi connectivity index (χ4v) is 1.56. The van der Waals surface area contributed by atoms with Crippen LogP contribution < -0.4 is 5.32 Å². The van der Waals surface area contributed by atoms with E-state index in [2.05, 4.69) is 15.3 Å². The molecule has 1 amide bonds. The molecule has 0 bridgehead atoms. The Bertz CT molecular complexity index is 572. The van der Waals surface area contributed by atoms with Crippen LogP contribution >= 0.6 is 0 Å². The number of nitrogens with zero attached hydrogens (tertiary/aromatic N) is 2. The summed E-state index contributed by atoms with van der Waals surface area (Å²) in [6.07, 6.45) is 4.19. The Hall–Kier alpha value is -2.30. The maximum Gasteiger partial charge on any atom is 0.269 e. The Morgan fingerprint density at radius 1 is 1.33 bits per heavy atom. The molecule has 18 heavy (non-hydrogen) atoms. The van der Waals surface area contributed by atoms with Crippen LogP contribution in [0.4, 0.5) is 4.39 Å². The number of hydrogen-bond acceptors (Lipinski definition) is 3. The summed E-state index contributed by atoms with van der Waals surface area (Å²) in [4.78, 5) is 19.4. The second-order valence-electron chi connectivity index (χ2n) is 3.68. The Morgan fingerprint density at radius 2 is 2.17 bits per heavy atom. The van der Waals surface area contributed by atoms with Gasteiger partial charge in [-0.25, -0.2) is 4.39 Å². The molecule has 5 heteroatoms. The summed E-state index contributed by atoms with van der Waals surface area (Å²) in [5.74, 6) is -0.660. The minimum atomic E-state index is -0.413. The Labute approximate surface area is 104 Å². The van der Waals surface area contributed by atoms with E-state index in [1.54, 1.807) is 18.3 Å². The zero-order chi connectivity index (χ0) is 13.0. The highest BCUT2D eigenvalue weighted by Gasteiger charge is 2.08. The summed E-state index contributed by atoms with van der Waals surface area (Å²) in [5, 5.41) is 2.66. The molecule has 0 fully saturated rings. The number of nitrogens with one attached hydrogen (secondary N) is 1. The van der Waals surface area contributed by atoms with E-state index in [9.17, 15) is 9.18 Å². The third kappa shape index (κ3) is 2.68. The van der Waals surface area contributed by atoms with Crippen LogP contribution in [0.1, 0.15) is 17.4 Å². The molecule has 0 aliphatic heterocycles. The van der Waals surface area contributed by atoms with Crippen LogP contribution in [0.25, 0.3) is 11.1 Å².